The quantitative estimate of drug-likeness (QED) is 0.620. The average molecular weight is 469 g/mol. The Morgan fingerprint density at radius 1 is 1.18 bits per heavy atom. The van der Waals surface area contributed by atoms with Crippen LogP contribution in [0.4, 0.5) is 5.82 Å². The van der Waals surface area contributed by atoms with Crippen molar-refractivity contribution >= 4 is 34.2 Å². The van der Waals surface area contributed by atoms with Crippen molar-refractivity contribution in [3.05, 3.63) is 47.7 Å². The van der Waals surface area contributed by atoms with Gasteiger partial charge in [-0.15, -0.1) is 5.10 Å². The van der Waals surface area contributed by atoms with Crippen LogP contribution in [0.2, 0.25) is 5.02 Å². The summed E-state index contributed by atoms with van der Waals surface area (Å²) in [6.07, 6.45) is 5.98. The molecule has 0 radical (unpaired) electrons. The summed E-state index contributed by atoms with van der Waals surface area (Å²) in [5, 5.41) is 9.88. The van der Waals surface area contributed by atoms with Gasteiger partial charge >= 0.3 is 0 Å². The standard InChI is InChI=1S/C24H29ClN6O2/c1-29-10-7-18(8-11-29)27-23(32)14-20-16-33-13-12-30(20)24-21-6-9-26-15-22(21)31(28-24)19-4-2-17(25)3-5-19/h2-6,9,15,18,20H,7-8,10-14,16H2,1H3,(H,27,32). The van der Waals surface area contributed by atoms with Crippen LogP contribution in [0.5, 0.6) is 0 Å². The van der Waals surface area contributed by atoms with Crippen LogP contribution in [0.15, 0.2) is 42.7 Å². The Labute approximate surface area is 198 Å². The molecule has 2 aromatic heterocycles. The van der Waals surface area contributed by atoms with Crippen LogP contribution in [0.3, 0.4) is 0 Å². The third kappa shape index (κ3) is 4.83. The van der Waals surface area contributed by atoms with Gasteiger partial charge in [0.15, 0.2) is 5.82 Å². The predicted molar refractivity (Wildman–Crippen MR) is 129 cm³/mol. The fraction of sp³-hybridized carbons (Fsp3) is 0.458. The lowest BCUT2D eigenvalue weighted by atomic mass is 10.0. The van der Waals surface area contributed by atoms with Crippen molar-refractivity contribution in [2.45, 2.75) is 31.3 Å². The largest absolute Gasteiger partial charge is 0.377 e. The minimum absolute atomic E-state index is 0.0741. The number of likely N-dealkylation sites (tertiary alicyclic amines) is 1. The Morgan fingerprint density at radius 3 is 2.76 bits per heavy atom. The van der Waals surface area contributed by atoms with E-state index in [1.807, 2.05) is 41.2 Å². The topological polar surface area (TPSA) is 75.5 Å². The molecule has 174 valence electrons. The molecule has 1 atom stereocenters. The van der Waals surface area contributed by atoms with Crippen LogP contribution in [0, 0.1) is 0 Å². The third-order valence-electron chi connectivity index (χ3n) is 6.54. The van der Waals surface area contributed by atoms with Gasteiger partial charge < -0.3 is 19.9 Å². The molecule has 2 fully saturated rings. The Morgan fingerprint density at radius 2 is 1.97 bits per heavy atom. The van der Waals surface area contributed by atoms with E-state index in [4.69, 9.17) is 21.4 Å². The Hall–Kier alpha value is -2.68. The molecule has 8 nitrogen and oxygen atoms in total. The molecule has 1 aromatic carbocycles. The smallest absolute Gasteiger partial charge is 0.222 e. The molecule has 4 heterocycles. The number of anilines is 1. The molecule has 2 aliphatic heterocycles. The lowest BCUT2D eigenvalue weighted by molar-refractivity contribution is -0.123. The van der Waals surface area contributed by atoms with Gasteiger partial charge in [0.25, 0.3) is 0 Å². The van der Waals surface area contributed by atoms with Crippen LogP contribution in [-0.4, -0.2) is 77.6 Å². The van der Waals surface area contributed by atoms with E-state index in [9.17, 15) is 4.79 Å². The molecule has 1 amide bonds. The number of morpholine rings is 1. The van der Waals surface area contributed by atoms with Gasteiger partial charge in [-0.2, -0.15) is 0 Å². The Kier molecular flexibility index (Phi) is 6.48. The van der Waals surface area contributed by atoms with E-state index in [1.54, 1.807) is 6.20 Å². The summed E-state index contributed by atoms with van der Waals surface area (Å²) in [7, 11) is 2.12. The molecule has 0 aliphatic carbocycles. The number of nitrogens with zero attached hydrogens (tertiary/aromatic N) is 5. The van der Waals surface area contributed by atoms with Crippen LogP contribution in [0.1, 0.15) is 19.3 Å². The number of piperidine rings is 1. The molecule has 2 aliphatic rings. The average Bonchev–Trinajstić information content (AvgIpc) is 3.21. The number of aromatic nitrogens is 3. The number of hydrogen-bond acceptors (Lipinski definition) is 6. The zero-order chi connectivity index (χ0) is 22.8. The molecule has 33 heavy (non-hydrogen) atoms. The van der Waals surface area contributed by atoms with Crippen molar-refractivity contribution in [3.63, 3.8) is 0 Å². The van der Waals surface area contributed by atoms with Crippen molar-refractivity contribution in [2.75, 3.05) is 44.8 Å². The van der Waals surface area contributed by atoms with Crippen molar-refractivity contribution in [1.82, 2.24) is 25.0 Å². The minimum Gasteiger partial charge on any atom is -0.377 e. The number of amides is 1. The minimum atomic E-state index is -0.0741. The maximum atomic E-state index is 12.9. The molecule has 1 unspecified atom stereocenters. The van der Waals surface area contributed by atoms with Crippen LogP contribution in [0.25, 0.3) is 16.6 Å². The van der Waals surface area contributed by atoms with Crippen LogP contribution < -0.4 is 10.2 Å². The number of ether oxygens (including phenoxy) is 1. The SMILES string of the molecule is CN1CCC(NC(=O)CC2COCCN2c2nn(-c3ccc(Cl)cc3)c3cnccc23)CC1. The van der Waals surface area contributed by atoms with E-state index in [-0.39, 0.29) is 18.0 Å². The maximum absolute atomic E-state index is 12.9. The molecule has 1 N–H and O–H groups in total. The number of benzene rings is 1. The van der Waals surface area contributed by atoms with Gasteiger partial charge in [0.2, 0.25) is 5.91 Å². The number of pyridine rings is 1. The zero-order valence-corrected chi connectivity index (χ0v) is 19.5. The molecule has 2 saturated heterocycles. The Balaban J connectivity index is 1.39. The zero-order valence-electron chi connectivity index (χ0n) is 18.8. The van der Waals surface area contributed by atoms with Gasteiger partial charge in [0, 0.05) is 35.6 Å². The van der Waals surface area contributed by atoms with Crippen LogP contribution in [-0.2, 0) is 9.53 Å². The van der Waals surface area contributed by atoms with E-state index in [2.05, 4.69) is 27.1 Å². The summed E-state index contributed by atoms with van der Waals surface area (Å²) in [5.74, 6) is 0.927. The highest BCUT2D eigenvalue weighted by atomic mass is 35.5. The highest BCUT2D eigenvalue weighted by Gasteiger charge is 2.30. The van der Waals surface area contributed by atoms with Gasteiger partial charge in [-0.1, -0.05) is 11.6 Å². The van der Waals surface area contributed by atoms with Gasteiger partial charge in [-0.3, -0.25) is 9.78 Å². The summed E-state index contributed by atoms with van der Waals surface area (Å²) in [6.45, 7) is 3.83. The lowest BCUT2D eigenvalue weighted by Gasteiger charge is -2.36. The number of nitrogens with one attached hydrogen (secondary N) is 1. The normalized spacial score (nSPS) is 20.3. The number of carbonyl (C=O) groups is 1. The molecule has 5 rings (SSSR count). The van der Waals surface area contributed by atoms with E-state index in [1.165, 1.54) is 0 Å². The number of carbonyl (C=O) groups excluding carboxylic acids is 1. The van der Waals surface area contributed by atoms with Crippen molar-refractivity contribution in [3.8, 4) is 5.69 Å². The molecular formula is C24H29ClN6O2. The fourth-order valence-electron chi connectivity index (χ4n) is 4.69. The first-order valence-electron chi connectivity index (χ1n) is 11.5. The first-order valence-corrected chi connectivity index (χ1v) is 11.9. The van der Waals surface area contributed by atoms with E-state index in [0.29, 0.717) is 31.2 Å². The summed E-state index contributed by atoms with van der Waals surface area (Å²) in [4.78, 5) is 21.7. The summed E-state index contributed by atoms with van der Waals surface area (Å²) < 4.78 is 7.65. The summed E-state index contributed by atoms with van der Waals surface area (Å²) >= 11 is 6.08. The lowest BCUT2D eigenvalue weighted by Crippen LogP contribution is -2.50. The number of hydrogen-bond donors (Lipinski definition) is 1. The first kappa shape index (κ1) is 22.1. The van der Waals surface area contributed by atoms with E-state index in [0.717, 1.165) is 48.3 Å². The van der Waals surface area contributed by atoms with Gasteiger partial charge in [0.05, 0.1) is 36.7 Å². The van der Waals surface area contributed by atoms with Gasteiger partial charge in [-0.05, 0) is 63.3 Å². The van der Waals surface area contributed by atoms with E-state index >= 15 is 0 Å². The molecule has 0 saturated carbocycles. The van der Waals surface area contributed by atoms with Gasteiger partial charge in [-0.25, -0.2) is 4.68 Å². The third-order valence-corrected chi connectivity index (χ3v) is 6.79. The molecule has 0 bridgehead atoms. The van der Waals surface area contributed by atoms with Crippen molar-refractivity contribution < 1.29 is 9.53 Å². The van der Waals surface area contributed by atoms with Crippen molar-refractivity contribution in [2.24, 2.45) is 0 Å². The maximum Gasteiger partial charge on any atom is 0.222 e. The molecule has 0 spiro atoms. The highest BCUT2D eigenvalue weighted by Crippen LogP contribution is 2.31. The number of fused-ring (bicyclic) bond motifs is 1. The summed E-state index contributed by atoms with van der Waals surface area (Å²) in [5.41, 5.74) is 1.82. The van der Waals surface area contributed by atoms with Crippen molar-refractivity contribution in [1.29, 1.82) is 0 Å². The highest BCUT2D eigenvalue weighted by molar-refractivity contribution is 6.30. The second-order valence-electron chi connectivity index (χ2n) is 8.88. The molecule has 9 heteroatoms. The molecular weight excluding hydrogens is 440 g/mol. The number of rotatable bonds is 5. The predicted octanol–water partition coefficient (Wildman–Crippen LogP) is 2.88. The van der Waals surface area contributed by atoms with Crippen LogP contribution >= 0.6 is 11.6 Å². The Bertz CT molecular complexity index is 1110. The van der Waals surface area contributed by atoms with Gasteiger partial charge in [0.1, 0.15) is 0 Å². The number of halogens is 1. The first-order chi connectivity index (χ1) is 16.1. The second kappa shape index (κ2) is 9.67. The summed E-state index contributed by atoms with van der Waals surface area (Å²) in [6, 6.07) is 9.75. The fourth-order valence-corrected chi connectivity index (χ4v) is 4.82. The van der Waals surface area contributed by atoms with E-state index < -0.39 is 0 Å². The second-order valence-corrected chi connectivity index (χ2v) is 9.31. The monoisotopic (exact) mass is 468 g/mol. The molecule has 3 aromatic rings.